The van der Waals surface area contributed by atoms with Crippen LogP contribution < -0.4 is 21.3 Å². The van der Waals surface area contributed by atoms with Crippen molar-refractivity contribution in [3.63, 3.8) is 0 Å². The highest BCUT2D eigenvalue weighted by Crippen LogP contribution is 2.30. The predicted molar refractivity (Wildman–Crippen MR) is 134 cm³/mol. The Hall–Kier alpha value is -4.09. The van der Waals surface area contributed by atoms with Crippen LogP contribution in [0.5, 0.6) is 0 Å². The third-order valence-electron chi connectivity index (χ3n) is 6.58. The molecule has 11 heteroatoms. The number of nitrogens with zero attached hydrogens (tertiary/aromatic N) is 4. The number of carboxylic acid groups (broad SMARTS) is 1. The molecular weight excluding hydrogens is 462 g/mol. The molecule has 0 spiro atoms. The van der Waals surface area contributed by atoms with Crippen molar-refractivity contribution in [3.8, 4) is 11.3 Å². The molecule has 4 heterocycles. The van der Waals surface area contributed by atoms with Gasteiger partial charge in [0, 0.05) is 43.9 Å². The molecule has 2 saturated heterocycles. The molecule has 36 heavy (non-hydrogen) atoms. The maximum atomic E-state index is 13.2. The van der Waals surface area contributed by atoms with Crippen LogP contribution in [-0.4, -0.2) is 71.3 Å². The van der Waals surface area contributed by atoms with E-state index in [1.807, 2.05) is 30.3 Å². The molecule has 3 aromatic rings. The number of anilines is 3. The summed E-state index contributed by atoms with van der Waals surface area (Å²) in [5.41, 5.74) is 9.59. The minimum atomic E-state index is -0.806. The fourth-order valence-electron chi connectivity index (χ4n) is 4.64. The summed E-state index contributed by atoms with van der Waals surface area (Å²) in [6, 6.07) is 9.34. The van der Waals surface area contributed by atoms with Crippen LogP contribution in [0.15, 0.2) is 48.9 Å². The fraction of sp³-hybridized carbons (Fsp3) is 0.320. The lowest BCUT2D eigenvalue weighted by Gasteiger charge is -2.30. The van der Waals surface area contributed by atoms with Crippen LogP contribution in [-0.2, 0) is 9.53 Å². The zero-order valence-corrected chi connectivity index (χ0v) is 19.6. The van der Waals surface area contributed by atoms with Crippen molar-refractivity contribution in [2.45, 2.75) is 5.92 Å². The summed E-state index contributed by atoms with van der Waals surface area (Å²) >= 11 is 0. The van der Waals surface area contributed by atoms with E-state index in [2.05, 4.69) is 30.5 Å². The highest BCUT2D eigenvalue weighted by atomic mass is 16.5. The number of hydrogen-bond acceptors (Lipinski definition) is 9. The molecule has 1 amide bonds. The maximum absolute atomic E-state index is 13.2. The topological polar surface area (TPSA) is 156 Å². The van der Waals surface area contributed by atoms with Crippen molar-refractivity contribution in [1.29, 1.82) is 0 Å². The Labute approximate surface area is 207 Å². The number of morpholine rings is 1. The normalized spacial score (nSPS) is 19.7. The van der Waals surface area contributed by atoms with Crippen molar-refractivity contribution in [2.75, 3.05) is 55.3 Å². The van der Waals surface area contributed by atoms with E-state index in [1.165, 1.54) is 6.20 Å². The number of hydrogen-bond donors (Lipinski definition) is 4. The van der Waals surface area contributed by atoms with Gasteiger partial charge < -0.3 is 31.1 Å². The van der Waals surface area contributed by atoms with Gasteiger partial charge in [0.25, 0.3) is 5.91 Å². The van der Waals surface area contributed by atoms with Crippen LogP contribution in [0.1, 0.15) is 22.0 Å². The number of ether oxygens (including phenoxy) is 1. The maximum Gasteiger partial charge on any atom is 0.308 e. The first-order valence-electron chi connectivity index (χ1n) is 11.8. The molecule has 11 nitrogen and oxygen atoms in total. The minimum absolute atomic E-state index is 0.0132. The van der Waals surface area contributed by atoms with E-state index in [0.717, 1.165) is 16.8 Å². The molecule has 2 atom stereocenters. The number of aromatic nitrogens is 3. The van der Waals surface area contributed by atoms with Gasteiger partial charge in [-0.2, -0.15) is 0 Å². The monoisotopic (exact) mass is 489 g/mol. The molecule has 1 aromatic carbocycles. The zero-order chi connectivity index (χ0) is 25.1. The molecule has 2 aliphatic rings. The van der Waals surface area contributed by atoms with Gasteiger partial charge in [-0.15, -0.1) is 0 Å². The van der Waals surface area contributed by atoms with Gasteiger partial charge in [-0.05, 0) is 11.6 Å². The number of carbonyl (C=O) groups is 2. The van der Waals surface area contributed by atoms with Crippen molar-refractivity contribution < 1.29 is 19.4 Å². The van der Waals surface area contributed by atoms with Gasteiger partial charge in [-0.3, -0.25) is 14.6 Å². The van der Waals surface area contributed by atoms with E-state index in [1.54, 1.807) is 12.4 Å². The van der Waals surface area contributed by atoms with Crippen LogP contribution in [0.25, 0.3) is 11.3 Å². The van der Waals surface area contributed by atoms with E-state index >= 15 is 0 Å². The molecule has 0 saturated carbocycles. The lowest BCUT2D eigenvalue weighted by molar-refractivity contribution is -0.141. The first kappa shape index (κ1) is 23.6. The molecule has 2 aromatic heterocycles. The second-order valence-electron chi connectivity index (χ2n) is 8.77. The van der Waals surface area contributed by atoms with Gasteiger partial charge >= 0.3 is 5.97 Å². The highest BCUT2D eigenvalue weighted by molar-refractivity contribution is 6.07. The number of rotatable bonds is 6. The van der Waals surface area contributed by atoms with Crippen molar-refractivity contribution >= 4 is 29.1 Å². The van der Waals surface area contributed by atoms with E-state index in [0.29, 0.717) is 50.8 Å². The number of carbonyl (C=O) groups excluding carboxylic acids is 1. The fourth-order valence-corrected chi connectivity index (χ4v) is 4.64. The Kier molecular flexibility index (Phi) is 6.74. The average Bonchev–Trinajstić information content (AvgIpc) is 3.40. The predicted octanol–water partition coefficient (Wildman–Crippen LogP) is 1.60. The zero-order valence-electron chi connectivity index (χ0n) is 19.6. The van der Waals surface area contributed by atoms with Crippen LogP contribution in [0, 0.1) is 5.92 Å². The molecular formula is C25H27N7O4. The molecule has 2 fully saturated rings. The molecule has 2 aliphatic heterocycles. The quantitative estimate of drug-likeness (QED) is 0.401. The Morgan fingerprint density at radius 2 is 1.89 bits per heavy atom. The summed E-state index contributed by atoms with van der Waals surface area (Å²) in [5, 5.41) is 15.5. The third kappa shape index (κ3) is 4.83. The number of pyridine rings is 1. The number of nitrogens with one attached hydrogen (secondary N) is 2. The van der Waals surface area contributed by atoms with E-state index in [4.69, 9.17) is 10.5 Å². The van der Waals surface area contributed by atoms with Crippen molar-refractivity contribution in [1.82, 2.24) is 20.3 Å². The second-order valence-corrected chi connectivity index (χ2v) is 8.77. The number of carboxylic acids is 1. The first-order valence-corrected chi connectivity index (χ1v) is 11.8. The van der Waals surface area contributed by atoms with E-state index in [-0.39, 0.29) is 17.4 Å². The number of benzene rings is 1. The largest absolute Gasteiger partial charge is 0.481 e. The highest BCUT2D eigenvalue weighted by Gasteiger charge is 2.33. The summed E-state index contributed by atoms with van der Waals surface area (Å²) in [6.45, 7) is 3.72. The van der Waals surface area contributed by atoms with Crippen molar-refractivity contribution in [2.24, 2.45) is 5.92 Å². The SMILES string of the molecule is Nc1ncc(-c2ccc([C@@H]3CNC[C@H]3C(=O)O)cc2)nc1C(=O)Nc1cnccc1N1CCOCC1. The molecule has 0 aliphatic carbocycles. The summed E-state index contributed by atoms with van der Waals surface area (Å²) in [7, 11) is 0. The summed E-state index contributed by atoms with van der Waals surface area (Å²) in [4.78, 5) is 39.6. The van der Waals surface area contributed by atoms with Crippen LogP contribution in [0.3, 0.4) is 0 Å². The van der Waals surface area contributed by atoms with Gasteiger partial charge in [-0.25, -0.2) is 9.97 Å². The average molecular weight is 490 g/mol. The molecule has 5 rings (SSSR count). The number of amides is 1. The number of aliphatic carboxylic acids is 1. The second kappa shape index (κ2) is 10.3. The number of nitrogens with two attached hydrogens (primary N) is 1. The minimum Gasteiger partial charge on any atom is -0.481 e. The van der Waals surface area contributed by atoms with E-state index < -0.39 is 17.8 Å². The Morgan fingerprint density at radius 3 is 2.64 bits per heavy atom. The summed E-state index contributed by atoms with van der Waals surface area (Å²) in [6.07, 6.45) is 4.79. The molecule has 186 valence electrons. The van der Waals surface area contributed by atoms with Crippen molar-refractivity contribution in [3.05, 3.63) is 60.2 Å². The Balaban J connectivity index is 1.36. The Morgan fingerprint density at radius 1 is 1.11 bits per heavy atom. The third-order valence-corrected chi connectivity index (χ3v) is 6.58. The molecule has 5 N–H and O–H groups in total. The lowest BCUT2D eigenvalue weighted by atomic mass is 9.88. The standard InChI is InChI=1S/C25H27N7O4/c26-23-22(24(33)31-20-13-27-6-5-21(20)32-7-9-36-10-8-32)30-19(14-29-23)16-3-1-15(2-4-16)17-11-28-12-18(17)25(34)35/h1-6,13-14,17-18,28H,7-12H2,(H2,26,29)(H,31,33)(H,34,35)/t17-,18+/m0/s1. The van der Waals surface area contributed by atoms with Gasteiger partial charge in [0.2, 0.25) is 0 Å². The molecule has 0 radical (unpaired) electrons. The van der Waals surface area contributed by atoms with Gasteiger partial charge in [-0.1, -0.05) is 24.3 Å². The first-order chi connectivity index (χ1) is 17.5. The van der Waals surface area contributed by atoms with Crippen LogP contribution in [0.4, 0.5) is 17.2 Å². The molecule has 0 bridgehead atoms. The number of nitrogen functional groups attached to an aromatic ring is 1. The van der Waals surface area contributed by atoms with Gasteiger partial charge in [0.15, 0.2) is 11.5 Å². The Bertz CT molecular complexity index is 1260. The van der Waals surface area contributed by atoms with Gasteiger partial charge in [0.1, 0.15) is 0 Å². The lowest BCUT2D eigenvalue weighted by Crippen LogP contribution is -2.36. The smallest absolute Gasteiger partial charge is 0.308 e. The van der Waals surface area contributed by atoms with Crippen LogP contribution >= 0.6 is 0 Å². The molecule has 0 unspecified atom stereocenters. The summed E-state index contributed by atoms with van der Waals surface area (Å²) < 4.78 is 5.43. The summed E-state index contributed by atoms with van der Waals surface area (Å²) in [5.74, 6) is -1.83. The van der Waals surface area contributed by atoms with Crippen LogP contribution in [0.2, 0.25) is 0 Å². The van der Waals surface area contributed by atoms with Gasteiger partial charge in [0.05, 0.1) is 48.6 Å². The van der Waals surface area contributed by atoms with E-state index in [9.17, 15) is 14.7 Å².